The van der Waals surface area contributed by atoms with E-state index in [0.29, 0.717) is 5.92 Å². The molecule has 8 aromatic carbocycles. The topological polar surface area (TPSA) is 6.48 Å². The van der Waals surface area contributed by atoms with Gasteiger partial charge in [-0.3, -0.25) is 0 Å². The summed E-state index contributed by atoms with van der Waals surface area (Å²) >= 11 is 0. The number of fused-ring (bicyclic) bond motifs is 5. The quantitative estimate of drug-likeness (QED) is 0.168. The molecule has 0 N–H and O–H groups in total. The molecule has 2 heterocycles. The van der Waals surface area contributed by atoms with Crippen molar-refractivity contribution in [3.8, 4) is 22.3 Å². The van der Waals surface area contributed by atoms with Gasteiger partial charge in [-0.05, 0) is 151 Å². The van der Waals surface area contributed by atoms with E-state index >= 15 is 0 Å². The minimum absolute atomic E-state index is 0.513. The van der Waals surface area contributed by atoms with Crippen LogP contribution >= 0.6 is 0 Å². The molecule has 2 aliphatic heterocycles. The fourth-order valence-electron chi connectivity index (χ4n) is 10.0. The van der Waals surface area contributed by atoms with Gasteiger partial charge in [-0.15, -0.1) is 0 Å². The van der Waals surface area contributed by atoms with E-state index in [1.807, 2.05) is 0 Å². The van der Waals surface area contributed by atoms with Gasteiger partial charge in [0.1, 0.15) is 0 Å². The Labute approximate surface area is 323 Å². The minimum Gasteiger partial charge on any atom is -0.345 e. The number of anilines is 3. The summed E-state index contributed by atoms with van der Waals surface area (Å²) in [6, 6.07) is 55.3. The summed E-state index contributed by atoms with van der Waals surface area (Å²) in [5.74, 6) is 0.513. The minimum atomic E-state index is 0.513. The first kappa shape index (κ1) is 32.3. The average molecular weight is 709 g/mol. The average Bonchev–Trinajstić information content (AvgIpc) is 3.24. The zero-order valence-electron chi connectivity index (χ0n) is 31.4. The second-order valence-electron chi connectivity index (χ2n) is 15.9. The first-order chi connectivity index (χ1) is 27.2. The summed E-state index contributed by atoms with van der Waals surface area (Å²) in [5, 5.41) is 10.3. The lowest BCUT2D eigenvalue weighted by Gasteiger charge is -2.38. The zero-order chi connectivity index (χ0) is 36.5. The summed E-state index contributed by atoms with van der Waals surface area (Å²) in [4.78, 5) is 5.19. The standard InChI is InChI=1S/C53H44N2/c1-35-11-8-17-39-19-10-30-55(53(35)39)45-26-28-47-49(34-45)52(43-24-22-37-13-3-5-16-41(37)32-43)46-27-25-44(54-29-9-18-38-14-6-7-20-50(38)54)33-48(46)51(47)42-23-21-36-12-2-4-15-40(36)31-42/h2-8,12-17,20-28,31-35H,9-11,18-19,29-30H2,1H3. The number of rotatable bonds is 4. The van der Waals surface area contributed by atoms with Crippen LogP contribution in [0, 0.1) is 5.92 Å². The highest BCUT2D eigenvalue weighted by Gasteiger charge is 2.28. The molecule has 0 bridgehead atoms. The SMILES string of the molecule is CC1CC=CC2=C1N(c1ccc3c(-c4ccc5ccccc5c4)c4cc(N5CCCc6ccccc65)ccc4c(-c4ccc5ccccc5c4)c3c1)CCC2. The van der Waals surface area contributed by atoms with Crippen LogP contribution in [0.2, 0.25) is 0 Å². The molecule has 0 saturated carbocycles. The molecule has 55 heavy (non-hydrogen) atoms. The highest BCUT2D eigenvalue weighted by molar-refractivity contribution is 6.23. The first-order valence-corrected chi connectivity index (χ1v) is 20.2. The molecule has 0 fully saturated rings. The van der Waals surface area contributed by atoms with Crippen LogP contribution in [0.1, 0.15) is 38.2 Å². The predicted molar refractivity (Wildman–Crippen MR) is 236 cm³/mol. The van der Waals surface area contributed by atoms with E-state index in [9.17, 15) is 0 Å². The van der Waals surface area contributed by atoms with Gasteiger partial charge < -0.3 is 9.80 Å². The maximum absolute atomic E-state index is 2.65. The van der Waals surface area contributed by atoms with Crippen LogP contribution in [0.4, 0.5) is 17.1 Å². The summed E-state index contributed by atoms with van der Waals surface area (Å²) in [5.41, 5.74) is 13.5. The summed E-state index contributed by atoms with van der Waals surface area (Å²) in [6.07, 6.45) is 10.5. The normalized spacial score (nSPS) is 17.0. The Kier molecular flexibility index (Phi) is 7.65. The summed E-state index contributed by atoms with van der Waals surface area (Å²) < 4.78 is 0. The lowest BCUT2D eigenvalue weighted by molar-refractivity contribution is 0.591. The molecule has 0 amide bonds. The van der Waals surface area contributed by atoms with Crippen LogP contribution in [-0.4, -0.2) is 13.1 Å². The summed E-state index contributed by atoms with van der Waals surface area (Å²) in [6.45, 7) is 4.48. The third kappa shape index (κ3) is 5.38. The number of hydrogen-bond donors (Lipinski definition) is 0. The number of benzene rings is 8. The number of aryl methyl sites for hydroxylation is 1. The molecule has 0 saturated heterocycles. The van der Waals surface area contributed by atoms with Gasteiger partial charge >= 0.3 is 0 Å². The molecule has 11 rings (SSSR count). The van der Waals surface area contributed by atoms with Crippen LogP contribution in [0.3, 0.4) is 0 Å². The molecular weight excluding hydrogens is 665 g/mol. The Hall–Kier alpha value is -6.12. The van der Waals surface area contributed by atoms with Crippen molar-refractivity contribution in [1.82, 2.24) is 0 Å². The predicted octanol–water partition coefficient (Wildman–Crippen LogP) is 14.2. The zero-order valence-corrected chi connectivity index (χ0v) is 31.4. The van der Waals surface area contributed by atoms with Gasteiger partial charge in [0.25, 0.3) is 0 Å². The molecular formula is C53H44N2. The number of nitrogens with zero attached hydrogens (tertiary/aromatic N) is 2. The molecule has 0 spiro atoms. The number of hydrogen-bond acceptors (Lipinski definition) is 2. The maximum Gasteiger partial charge on any atom is 0.0443 e. The largest absolute Gasteiger partial charge is 0.345 e. The van der Waals surface area contributed by atoms with E-state index in [1.165, 1.54) is 112 Å². The van der Waals surface area contributed by atoms with E-state index in [-0.39, 0.29) is 0 Å². The van der Waals surface area contributed by atoms with E-state index in [1.54, 1.807) is 0 Å². The van der Waals surface area contributed by atoms with Gasteiger partial charge in [-0.1, -0.05) is 122 Å². The van der Waals surface area contributed by atoms with E-state index in [2.05, 4.69) is 174 Å². The van der Waals surface area contributed by atoms with Gasteiger partial charge in [0.15, 0.2) is 0 Å². The highest BCUT2D eigenvalue weighted by atomic mass is 15.2. The van der Waals surface area contributed by atoms with Crippen molar-refractivity contribution >= 4 is 60.2 Å². The lowest BCUT2D eigenvalue weighted by Crippen LogP contribution is -2.32. The Morgan fingerprint density at radius 3 is 1.73 bits per heavy atom. The third-order valence-electron chi connectivity index (χ3n) is 12.6. The third-order valence-corrected chi connectivity index (χ3v) is 12.6. The van der Waals surface area contributed by atoms with Gasteiger partial charge in [0.2, 0.25) is 0 Å². The molecule has 0 radical (unpaired) electrons. The molecule has 3 aliphatic rings. The fourth-order valence-corrected chi connectivity index (χ4v) is 10.0. The summed E-state index contributed by atoms with van der Waals surface area (Å²) in [7, 11) is 0. The van der Waals surface area contributed by atoms with Crippen LogP contribution < -0.4 is 9.80 Å². The number of allylic oxidation sites excluding steroid dienone is 4. The van der Waals surface area contributed by atoms with Gasteiger partial charge in [-0.2, -0.15) is 0 Å². The van der Waals surface area contributed by atoms with E-state index < -0.39 is 0 Å². The van der Waals surface area contributed by atoms with Gasteiger partial charge in [0.05, 0.1) is 0 Å². The van der Waals surface area contributed by atoms with Crippen molar-refractivity contribution in [3.05, 3.63) is 175 Å². The highest BCUT2D eigenvalue weighted by Crippen LogP contribution is 2.48. The Balaban J connectivity index is 1.23. The molecule has 8 aromatic rings. The molecule has 1 atom stereocenters. The van der Waals surface area contributed by atoms with Crippen LogP contribution in [-0.2, 0) is 6.42 Å². The Morgan fingerprint density at radius 1 is 0.491 bits per heavy atom. The van der Waals surface area contributed by atoms with Crippen molar-refractivity contribution in [2.24, 2.45) is 5.92 Å². The molecule has 2 heteroatoms. The van der Waals surface area contributed by atoms with Crippen molar-refractivity contribution in [2.75, 3.05) is 22.9 Å². The lowest BCUT2D eigenvalue weighted by atomic mass is 9.84. The van der Waals surface area contributed by atoms with Crippen molar-refractivity contribution in [1.29, 1.82) is 0 Å². The van der Waals surface area contributed by atoms with E-state index in [0.717, 1.165) is 32.4 Å². The van der Waals surface area contributed by atoms with Crippen molar-refractivity contribution in [2.45, 2.75) is 39.0 Å². The smallest absolute Gasteiger partial charge is 0.0443 e. The first-order valence-electron chi connectivity index (χ1n) is 20.2. The van der Waals surface area contributed by atoms with Gasteiger partial charge in [0, 0.05) is 41.8 Å². The van der Waals surface area contributed by atoms with Gasteiger partial charge in [-0.25, -0.2) is 0 Å². The second-order valence-corrected chi connectivity index (χ2v) is 15.9. The van der Waals surface area contributed by atoms with Crippen LogP contribution in [0.25, 0.3) is 65.3 Å². The second kappa shape index (κ2) is 13.0. The molecule has 1 aliphatic carbocycles. The molecule has 1 unspecified atom stereocenters. The molecule has 266 valence electrons. The van der Waals surface area contributed by atoms with Crippen LogP contribution in [0.5, 0.6) is 0 Å². The van der Waals surface area contributed by atoms with Crippen molar-refractivity contribution in [3.63, 3.8) is 0 Å². The number of para-hydroxylation sites is 1. The Bertz CT molecular complexity index is 2890. The molecule has 2 nitrogen and oxygen atoms in total. The fraction of sp³-hybridized carbons (Fsp3) is 0.170. The van der Waals surface area contributed by atoms with Crippen LogP contribution in [0.15, 0.2) is 169 Å². The van der Waals surface area contributed by atoms with Crippen molar-refractivity contribution < 1.29 is 0 Å². The molecule has 0 aromatic heterocycles. The monoisotopic (exact) mass is 708 g/mol. The Morgan fingerprint density at radius 2 is 1.05 bits per heavy atom. The maximum atomic E-state index is 2.65. The van der Waals surface area contributed by atoms with E-state index in [4.69, 9.17) is 0 Å².